The number of benzene rings is 1. The lowest BCUT2D eigenvalue weighted by atomic mass is 10.2. The first kappa shape index (κ1) is 14.8. The van der Waals surface area contributed by atoms with Gasteiger partial charge in [-0.2, -0.15) is 0 Å². The molecule has 0 atom stereocenters. The highest BCUT2D eigenvalue weighted by Crippen LogP contribution is 2.34. The predicted molar refractivity (Wildman–Crippen MR) is 98.8 cm³/mol. The first-order chi connectivity index (χ1) is 11.3. The molecule has 0 radical (unpaired) electrons. The summed E-state index contributed by atoms with van der Waals surface area (Å²) in [6.07, 6.45) is 2.46. The second-order valence-electron chi connectivity index (χ2n) is 5.70. The second-order valence-corrected chi connectivity index (χ2v) is 7.34. The van der Waals surface area contributed by atoms with E-state index in [1.165, 1.54) is 12.8 Å². The molecule has 0 spiro atoms. The van der Waals surface area contributed by atoms with Crippen LogP contribution in [0.2, 0.25) is 0 Å². The van der Waals surface area contributed by atoms with Crippen molar-refractivity contribution in [3.8, 4) is 11.4 Å². The van der Waals surface area contributed by atoms with Gasteiger partial charge < -0.3 is 9.47 Å². The minimum absolute atomic E-state index is 0.787. The molecule has 0 amide bonds. The minimum atomic E-state index is 0.787. The van der Waals surface area contributed by atoms with Gasteiger partial charge in [-0.15, -0.1) is 0 Å². The van der Waals surface area contributed by atoms with Gasteiger partial charge in [-0.1, -0.05) is 41.7 Å². The quantitative estimate of drug-likeness (QED) is 0.656. The Balaban J connectivity index is 2.00. The fourth-order valence-electron chi connectivity index (χ4n) is 3.07. The van der Waals surface area contributed by atoms with Crippen LogP contribution in [0.3, 0.4) is 0 Å². The summed E-state index contributed by atoms with van der Waals surface area (Å²) in [5.41, 5.74) is 2.02. The Morgan fingerprint density at radius 2 is 1.87 bits per heavy atom. The van der Waals surface area contributed by atoms with E-state index < -0.39 is 0 Å². The van der Waals surface area contributed by atoms with Crippen LogP contribution in [0.25, 0.3) is 21.7 Å². The summed E-state index contributed by atoms with van der Waals surface area (Å²) in [6.45, 7) is 5.08. The van der Waals surface area contributed by atoms with Crippen LogP contribution in [-0.4, -0.2) is 27.6 Å². The molecule has 1 aliphatic heterocycles. The molecule has 1 fully saturated rings. The van der Waals surface area contributed by atoms with Gasteiger partial charge in [0.15, 0.2) is 21.2 Å². The van der Waals surface area contributed by atoms with Gasteiger partial charge in [0.25, 0.3) is 0 Å². The molecule has 23 heavy (non-hydrogen) atoms. The number of aryl methyl sites for hydroxylation is 1. The zero-order valence-corrected chi connectivity index (χ0v) is 14.7. The van der Waals surface area contributed by atoms with Gasteiger partial charge >= 0.3 is 0 Å². The van der Waals surface area contributed by atoms with Crippen LogP contribution in [0.5, 0.6) is 0 Å². The summed E-state index contributed by atoms with van der Waals surface area (Å²) in [6, 6.07) is 10.2. The number of aromatic nitrogens is 3. The number of thiazole rings is 1. The highest BCUT2D eigenvalue weighted by Gasteiger charge is 2.21. The van der Waals surface area contributed by atoms with E-state index >= 15 is 0 Å². The molecule has 118 valence electrons. The zero-order valence-electron chi connectivity index (χ0n) is 13.0. The number of rotatable bonds is 3. The maximum absolute atomic E-state index is 5.54. The molecule has 0 aliphatic carbocycles. The summed E-state index contributed by atoms with van der Waals surface area (Å²) in [7, 11) is 0. The van der Waals surface area contributed by atoms with E-state index in [9.17, 15) is 0 Å². The maximum Gasteiger partial charge on any atom is 0.164 e. The van der Waals surface area contributed by atoms with Crippen LogP contribution in [-0.2, 0) is 6.54 Å². The topological polar surface area (TPSA) is 34.0 Å². The van der Waals surface area contributed by atoms with E-state index in [1.807, 2.05) is 18.2 Å². The average molecular weight is 342 g/mol. The fraction of sp³-hybridized carbons (Fsp3) is 0.353. The molecule has 1 aromatic carbocycles. The predicted octanol–water partition coefficient (Wildman–Crippen LogP) is 4.51. The second kappa shape index (κ2) is 6.02. The first-order valence-electron chi connectivity index (χ1n) is 7.99. The summed E-state index contributed by atoms with van der Waals surface area (Å²) >= 11 is 7.17. The Kier molecular flexibility index (Phi) is 3.87. The van der Waals surface area contributed by atoms with E-state index in [2.05, 4.69) is 28.5 Å². The number of fused-ring (bicyclic) bond motifs is 1. The Morgan fingerprint density at radius 3 is 2.57 bits per heavy atom. The van der Waals surface area contributed by atoms with Crippen LogP contribution < -0.4 is 4.90 Å². The number of anilines is 1. The van der Waals surface area contributed by atoms with Crippen molar-refractivity contribution in [3.63, 3.8) is 0 Å². The third kappa shape index (κ3) is 2.56. The molecule has 0 bridgehead atoms. The smallest absolute Gasteiger partial charge is 0.164 e. The molecule has 3 heterocycles. The normalized spacial score (nSPS) is 14.7. The molecule has 0 N–H and O–H groups in total. The van der Waals surface area contributed by atoms with E-state index in [0.717, 1.165) is 51.1 Å². The van der Waals surface area contributed by atoms with Gasteiger partial charge in [0.2, 0.25) is 0 Å². The summed E-state index contributed by atoms with van der Waals surface area (Å²) in [4.78, 5) is 12.1. The first-order valence-corrected chi connectivity index (χ1v) is 9.22. The van der Waals surface area contributed by atoms with E-state index in [0.29, 0.717) is 0 Å². The van der Waals surface area contributed by atoms with Crippen molar-refractivity contribution < 1.29 is 0 Å². The highest BCUT2D eigenvalue weighted by atomic mass is 32.1. The van der Waals surface area contributed by atoms with Crippen LogP contribution in [0.1, 0.15) is 19.8 Å². The van der Waals surface area contributed by atoms with Gasteiger partial charge in [-0.25, -0.2) is 9.97 Å². The van der Waals surface area contributed by atoms with Crippen LogP contribution >= 0.6 is 23.6 Å². The summed E-state index contributed by atoms with van der Waals surface area (Å²) in [5, 5.41) is 0. The molecule has 2 aromatic heterocycles. The molecule has 1 aliphatic rings. The van der Waals surface area contributed by atoms with Crippen LogP contribution in [0, 0.1) is 3.95 Å². The Morgan fingerprint density at radius 1 is 1.13 bits per heavy atom. The van der Waals surface area contributed by atoms with E-state index in [-0.39, 0.29) is 0 Å². The van der Waals surface area contributed by atoms with Crippen molar-refractivity contribution in [3.05, 3.63) is 34.3 Å². The van der Waals surface area contributed by atoms with Crippen molar-refractivity contribution in [2.24, 2.45) is 0 Å². The van der Waals surface area contributed by atoms with Crippen molar-refractivity contribution in [2.45, 2.75) is 26.3 Å². The van der Waals surface area contributed by atoms with Crippen molar-refractivity contribution >= 4 is 39.7 Å². The molecule has 0 unspecified atom stereocenters. The monoisotopic (exact) mass is 342 g/mol. The Labute approximate surface area is 144 Å². The van der Waals surface area contributed by atoms with Crippen LogP contribution in [0.4, 0.5) is 5.82 Å². The molecule has 3 aromatic rings. The fourth-order valence-corrected chi connectivity index (χ4v) is 4.55. The Hall–Kier alpha value is -1.79. The lowest BCUT2D eigenvalue weighted by Crippen LogP contribution is -2.19. The van der Waals surface area contributed by atoms with Crippen molar-refractivity contribution in [1.29, 1.82) is 0 Å². The lowest BCUT2D eigenvalue weighted by Gasteiger charge is -2.18. The molecule has 1 saturated heterocycles. The van der Waals surface area contributed by atoms with Gasteiger partial charge in [-0.05, 0) is 32.0 Å². The van der Waals surface area contributed by atoms with Gasteiger partial charge in [-0.3, -0.25) is 0 Å². The molecule has 6 heteroatoms. The third-order valence-corrected chi connectivity index (χ3v) is 5.68. The molecular weight excluding hydrogens is 324 g/mol. The third-order valence-electron chi connectivity index (χ3n) is 4.25. The van der Waals surface area contributed by atoms with Crippen molar-refractivity contribution in [1.82, 2.24) is 14.5 Å². The highest BCUT2D eigenvalue weighted by molar-refractivity contribution is 7.73. The number of hydrogen-bond donors (Lipinski definition) is 0. The summed E-state index contributed by atoms with van der Waals surface area (Å²) < 4.78 is 4.11. The largest absolute Gasteiger partial charge is 0.355 e. The number of nitrogens with zero attached hydrogens (tertiary/aromatic N) is 4. The SMILES string of the molecule is CCn1c(=S)sc2c(N3CCCC3)nc(-c3ccccc3)nc21. The van der Waals surface area contributed by atoms with Gasteiger partial charge in [0, 0.05) is 25.2 Å². The average Bonchev–Trinajstić information content (AvgIpc) is 3.21. The molecular formula is C17H18N4S2. The summed E-state index contributed by atoms with van der Waals surface area (Å²) in [5.74, 6) is 1.84. The lowest BCUT2D eigenvalue weighted by molar-refractivity contribution is 0.782. The molecule has 4 rings (SSSR count). The molecule has 0 saturated carbocycles. The number of hydrogen-bond acceptors (Lipinski definition) is 5. The van der Waals surface area contributed by atoms with E-state index in [4.69, 9.17) is 22.2 Å². The van der Waals surface area contributed by atoms with Crippen LogP contribution in [0.15, 0.2) is 30.3 Å². The van der Waals surface area contributed by atoms with Gasteiger partial charge in [0.1, 0.15) is 4.70 Å². The standard InChI is InChI=1S/C17H18N4S2/c1-2-21-16-13(23-17(21)22)15(20-10-6-7-11-20)18-14(19-16)12-8-4-3-5-9-12/h3-5,8-9H,2,6-7,10-11H2,1H3. The van der Waals surface area contributed by atoms with Gasteiger partial charge in [0.05, 0.1) is 0 Å². The maximum atomic E-state index is 5.54. The zero-order chi connectivity index (χ0) is 15.8. The molecule has 4 nitrogen and oxygen atoms in total. The van der Waals surface area contributed by atoms with Crippen molar-refractivity contribution in [2.75, 3.05) is 18.0 Å². The minimum Gasteiger partial charge on any atom is -0.355 e. The van der Waals surface area contributed by atoms with E-state index in [1.54, 1.807) is 11.3 Å². The Bertz CT molecular complexity index is 892.